The first-order chi connectivity index (χ1) is 13.6. The molecular weight excluding hydrogens is 352 g/mol. The number of benzene rings is 1. The minimum absolute atomic E-state index is 0.00653. The summed E-state index contributed by atoms with van der Waals surface area (Å²) < 4.78 is 1.96. The molecule has 6 heteroatoms. The minimum atomic E-state index is -0.393. The molecule has 0 saturated carbocycles. The Hall–Kier alpha value is -3.15. The van der Waals surface area contributed by atoms with Gasteiger partial charge in [-0.1, -0.05) is 36.4 Å². The van der Waals surface area contributed by atoms with E-state index >= 15 is 0 Å². The zero-order valence-corrected chi connectivity index (χ0v) is 16.0. The largest absolute Gasteiger partial charge is 0.349 e. The molecule has 1 fully saturated rings. The van der Waals surface area contributed by atoms with Gasteiger partial charge < -0.3 is 14.6 Å². The first-order valence-corrected chi connectivity index (χ1v) is 9.65. The molecule has 144 valence electrons. The van der Waals surface area contributed by atoms with Crippen LogP contribution in [0.3, 0.4) is 0 Å². The molecule has 6 nitrogen and oxygen atoms in total. The quantitative estimate of drug-likeness (QED) is 0.744. The smallest absolute Gasteiger partial charge is 0.243 e. The van der Waals surface area contributed by atoms with E-state index in [-0.39, 0.29) is 11.8 Å². The summed E-state index contributed by atoms with van der Waals surface area (Å²) in [5.41, 5.74) is 3.78. The maximum absolute atomic E-state index is 12.7. The van der Waals surface area contributed by atoms with Gasteiger partial charge in [-0.3, -0.25) is 9.59 Å². The van der Waals surface area contributed by atoms with Crippen LogP contribution in [0.4, 0.5) is 0 Å². The van der Waals surface area contributed by atoms with Crippen molar-refractivity contribution in [2.45, 2.75) is 38.8 Å². The Morgan fingerprint density at radius 2 is 1.96 bits per heavy atom. The Labute approximate surface area is 164 Å². The fraction of sp³-hybridized carbons (Fsp3) is 0.318. The number of carbonyl (C=O) groups excluding carboxylic acids is 2. The maximum atomic E-state index is 12.7. The van der Waals surface area contributed by atoms with Gasteiger partial charge in [0.1, 0.15) is 11.7 Å². The summed E-state index contributed by atoms with van der Waals surface area (Å²) in [6, 6.07) is 13.2. The molecule has 0 unspecified atom stereocenters. The molecule has 1 saturated heterocycles. The highest BCUT2D eigenvalue weighted by Crippen LogP contribution is 2.19. The Morgan fingerprint density at radius 1 is 1.14 bits per heavy atom. The van der Waals surface area contributed by atoms with Crippen molar-refractivity contribution in [3.8, 4) is 0 Å². The van der Waals surface area contributed by atoms with Crippen molar-refractivity contribution in [3.63, 3.8) is 0 Å². The minimum Gasteiger partial charge on any atom is -0.349 e. The van der Waals surface area contributed by atoms with Gasteiger partial charge in [0.15, 0.2) is 0 Å². The van der Waals surface area contributed by atoms with Gasteiger partial charge in [0, 0.05) is 18.9 Å². The fourth-order valence-corrected chi connectivity index (χ4v) is 3.75. The van der Waals surface area contributed by atoms with Crippen LogP contribution in [-0.2, 0) is 22.6 Å². The molecular formula is C22H24N4O2. The molecule has 4 rings (SSSR count). The Balaban J connectivity index is 1.38. The molecule has 2 aromatic heterocycles. The average Bonchev–Trinajstić information content (AvgIpc) is 3.33. The van der Waals surface area contributed by atoms with Crippen molar-refractivity contribution in [2.24, 2.45) is 0 Å². The molecule has 3 aromatic rings. The van der Waals surface area contributed by atoms with Crippen molar-refractivity contribution in [2.75, 3.05) is 6.54 Å². The SMILES string of the molecule is Cc1ccc2nc(CNC(=O)[C@H]3CCCN3C(=O)Cc3ccccc3)cn2c1. The van der Waals surface area contributed by atoms with Crippen LogP contribution in [0.5, 0.6) is 0 Å². The number of rotatable bonds is 5. The topological polar surface area (TPSA) is 66.7 Å². The van der Waals surface area contributed by atoms with E-state index in [9.17, 15) is 9.59 Å². The maximum Gasteiger partial charge on any atom is 0.243 e. The Bertz CT molecular complexity index is 996. The first-order valence-electron chi connectivity index (χ1n) is 9.65. The van der Waals surface area contributed by atoms with Crippen LogP contribution in [0, 0.1) is 6.92 Å². The van der Waals surface area contributed by atoms with Crippen LogP contribution in [0.15, 0.2) is 54.9 Å². The molecule has 2 amide bonds. The van der Waals surface area contributed by atoms with Gasteiger partial charge in [-0.15, -0.1) is 0 Å². The van der Waals surface area contributed by atoms with Gasteiger partial charge in [-0.25, -0.2) is 4.98 Å². The first kappa shape index (κ1) is 18.2. The van der Waals surface area contributed by atoms with Gasteiger partial charge in [0.2, 0.25) is 11.8 Å². The predicted octanol–water partition coefficient (Wildman–Crippen LogP) is 2.49. The molecule has 0 bridgehead atoms. The van der Waals surface area contributed by atoms with Crippen LogP contribution in [0.1, 0.15) is 29.7 Å². The summed E-state index contributed by atoms with van der Waals surface area (Å²) in [6.45, 7) is 3.02. The summed E-state index contributed by atoms with van der Waals surface area (Å²) in [5, 5.41) is 2.96. The third kappa shape index (κ3) is 3.91. The van der Waals surface area contributed by atoms with Crippen molar-refractivity contribution in [1.29, 1.82) is 0 Å². The normalized spacial score (nSPS) is 16.5. The molecule has 1 aliphatic rings. The molecule has 1 atom stereocenters. The average molecular weight is 376 g/mol. The van der Waals surface area contributed by atoms with E-state index < -0.39 is 6.04 Å². The second-order valence-corrected chi connectivity index (χ2v) is 7.33. The lowest BCUT2D eigenvalue weighted by Crippen LogP contribution is -2.46. The third-order valence-electron chi connectivity index (χ3n) is 5.17. The van der Waals surface area contributed by atoms with E-state index in [0.717, 1.165) is 28.9 Å². The summed E-state index contributed by atoms with van der Waals surface area (Å²) in [5.74, 6) is -0.0980. The summed E-state index contributed by atoms with van der Waals surface area (Å²) in [4.78, 5) is 31.6. The van der Waals surface area contributed by atoms with Gasteiger partial charge in [0.05, 0.1) is 18.7 Å². The Kier molecular flexibility index (Phi) is 5.10. The van der Waals surface area contributed by atoms with E-state index in [4.69, 9.17) is 0 Å². The number of pyridine rings is 1. The van der Waals surface area contributed by atoms with Crippen molar-refractivity contribution in [1.82, 2.24) is 19.6 Å². The van der Waals surface area contributed by atoms with E-state index in [1.807, 2.05) is 66.2 Å². The van der Waals surface area contributed by atoms with Crippen molar-refractivity contribution >= 4 is 17.5 Å². The summed E-state index contributed by atoms with van der Waals surface area (Å²) >= 11 is 0. The highest BCUT2D eigenvalue weighted by Gasteiger charge is 2.33. The van der Waals surface area contributed by atoms with Crippen LogP contribution < -0.4 is 5.32 Å². The highest BCUT2D eigenvalue weighted by molar-refractivity contribution is 5.89. The number of carbonyl (C=O) groups is 2. The molecule has 1 N–H and O–H groups in total. The fourth-order valence-electron chi connectivity index (χ4n) is 3.75. The molecule has 0 aliphatic carbocycles. The number of nitrogens with one attached hydrogen (secondary N) is 1. The number of hydrogen-bond acceptors (Lipinski definition) is 3. The van der Waals surface area contributed by atoms with Gasteiger partial charge in [-0.05, 0) is 37.0 Å². The van der Waals surface area contributed by atoms with Crippen LogP contribution in [-0.4, -0.2) is 38.7 Å². The Morgan fingerprint density at radius 3 is 2.79 bits per heavy atom. The second kappa shape index (κ2) is 7.84. The number of nitrogens with zero attached hydrogens (tertiary/aromatic N) is 3. The number of aryl methyl sites for hydroxylation is 1. The number of likely N-dealkylation sites (tertiary alicyclic amines) is 1. The van der Waals surface area contributed by atoms with Crippen molar-refractivity contribution in [3.05, 3.63) is 71.7 Å². The molecule has 3 heterocycles. The molecule has 1 aromatic carbocycles. The van der Waals surface area contributed by atoms with E-state index in [0.29, 0.717) is 25.9 Å². The lowest BCUT2D eigenvalue weighted by Gasteiger charge is -2.24. The molecule has 28 heavy (non-hydrogen) atoms. The molecule has 0 spiro atoms. The predicted molar refractivity (Wildman–Crippen MR) is 107 cm³/mol. The second-order valence-electron chi connectivity index (χ2n) is 7.33. The lowest BCUT2D eigenvalue weighted by molar-refractivity contribution is -0.138. The molecule has 1 aliphatic heterocycles. The summed E-state index contributed by atoms with van der Waals surface area (Å²) in [6.07, 6.45) is 5.82. The van der Waals surface area contributed by atoms with Crippen LogP contribution in [0.25, 0.3) is 5.65 Å². The standard InChI is InChI=1S/C22H24N4O2/c1-16-9-10-20-24-18(15-25(20)14-16)13-23-22(28)19-8-5-11-26(19)21(27)12-17-6-3-2-4-7-17/h2-4,6-7,9-10,14-15,19H,5,8,11-13H2,1H3,(H,23,28)/t19-/m1/s1. The van der Waals surface area contributed by atoms with E-state index in [1.165, 1.54) is 0 Å². The monoisotopic (exact) mass is 376 g/mol. The van der Waals surface area contributed by atoms with E-state index in [1.54, 1.807) is 4.90 Å². The third-order valence-corrected chi connectivity index (χ3v) is 5.17. The number of aromatic nitrogens is 2. The lowest BCUT2D eigenvalue weighted by atomic mass is 10.1. The van der Waals surface area contributed by atoms with Gasteiger partial charge in [0.25, 0.3) is 0 Å². The number of imidazole rings is 1. The summed E-state index contributed by atoms with van der Waals surface area (Å²) in [7, 11) is 0. The zero-order valence-electron chi connectivity index (χ0n) is 16.0. The number of hydrogen-bond donors (Lipinski definition) is 1. The van der Waals surface area contributed by atoms with Crippen LogP contribution >= 0.6 is 0 Å². The van der Waals surface area contributed by atoms with Gasteiger partial charge in [-0.2, -0.15) is 0 Å². The zero-order chi connectivity index (χ0) is 19.5. The van der Waals surface area contributed by atoms with Crippen molar-refractivity contribution < 1.29 is 9.59 Å². The van der Waals surface area contributed by atoms with E-state index in [2.05, 4.69) is 10.3 Å². The van der Waals surface area contributed by atoms with Gasteiger partial charge >= 0.3 is 0 Å². The number of fused-ring (bicyclic) bond motifs is 1. The van der Waals surface area contributed by atoms with Crippen LogP contribution in [0.2, 0.25) is 0 Å². The highest BCUT2D eigenvalue weighted by atomic mass is 16.2. The number of amides is 2. The molecule has 0 radical (unpaired) electrons.